The maximum atomic E-state index is 13.7. The van der Waals surface area contributed by atoms with Crippen LogP contribution in [0.4, 0.5) is 20.6 Å². The van der Waals surface area contributed by atoms with E-state index in [-0.39, 0.29) is 30.2 Å². The van der Waals surface area contributed by atoms with E-state index in [9.17, 15) is 14.0 Å². The Kier molecular flexibility index (Phi) is 6.54. The average molecular weight is 359 g/mol. The van der Waals surface area contributed by atoms with Crippen LogP contribution in [0.15, 0.2) is 42.5 Å². The first-order valence-electron chi connectivity index (χ1n) is 8.17. The zero-order valence-electron chi connectivity index (χ0n) is 14.9. The van der Waals surface area contributed by atoms with Gasteiger partial charge >= 0.3 is 6.03 Å². The van der Waals surface area contributed by atoms with Crippen molar-refractivity contribution in [1.29, 1.82) is 0 Å². The van der Waals surface area contributed by atoms with Crippen molar-refractivity contribution in [2.45, 2.75) is 26.3 Å². The molecule has 0 aliphatic heterocycles. The Hall–Kier alpha value is -3.09. The van der Waals surface area contributed by atoms with E-state index in [0.717, 1.165) is 0 Å². The van der Waals surface area contributed by atoms with Crippen molar-refractivity contribution in [3.05, 3.63) is 53.8 Å². The number of nitrogens with one attached hydrogen (secondary N) is 3. The lowest BCUT2D eigenvalue weighted by Crippen LogP contribution is -2.34. The van der Waals surface area contributed by atoms with Gasteiger partial charge in [0.2, 0.25) is 5.91 Å². The molecule has 0 unspecified atom stereocenters. The van der Waals surface area contributed by atoms with Crippen molar-refractivity contribution in [3.63, 3.8) is 0 Å². The quantitative estimate of drug-likeness (QED) is 0.738. The fraction of sp³-hybridized carbons (Fsp3) is 0.263. The van der Waals surface area contributed by atoms with E-state index in [2.05, 4.69) is 16.0 Å². The molecule has 26 heavy (non-hydrogen) atoms. The van der Waals surface area contributed by atoms with Crippen molar-refractivity contribution in [2.24, 2.45) is 0 Å². The number of hydrogen-bond acceptors (Lipinski definition) is 3. The van der Waals surface area contributed by atoms with E-state index in [1.54, 1.807) is 30.3 Å². The summed E-state index contributed by atoms with van der Waals surface area (Å²) in [4.78, 5) is 23.7. The summed E-state index contributed by atoms with van der Waals surface area (Å²) in [5, 5.41) is 8.14. The minimum atomic E-state index is -0.507. The van der Waals surface area contributed by atoms with Gasteiger partial charge in [0.1, 0.15) is 0 Å². The summed E-state index contributed by atoms with van der Waals surface area (Å²) >= 11 is 0. The smallest absolute Gasteiger partial charge is 0.319 e. The number of methoxy groups -OCH3 is 1. The van der Waals surface area contributed by atoms with Crippen molar-refractivity contribution in [3.8, 4) is 5.75 Å². The largest absolute Gasteiger partial charge is 0.494 e. The van der Waals surface area contributed by atoms with Gasteiger partial charge in [0.25, 0.3) is 0 Å². The molecule has 2 aromatic carbocycles. The predicted octanol–water partition coefficient (Wildman–Crippen LogP) is 3.55. The first-order chi connectivity index (χ1) is 12.4. The molecule has 138 valence electrons. The molecular weight excluding hydrogens is 337 g/mol. The molecule has 0 aliphatic carbocycles. The maximum absolute atomic E-state index is 13.7. The van der Waals surface area contributed by atoms with Crippen LogP contribution in [0.3, 0.4) is 0 Å². The number of halogens is 1. The van der Waals surface area contributed by atoms with Crippen LogP contribution < -0.4 is 20.7 Å². The summed E-state index contributed by atoms with van der Waals surface area (Å²) in [7, 11) is 1.38. The second-order valence-corrected chi connectivity index (χ2v) is 6.02. The molecule has 0 saturated carbocycles. The lowest BCUT2D eigenvalue weighted by atomic mass is 10.1. The number of rotatable bonds is 6. The van der Waals surface area contributed by atoms with Crippen molar-refractivity contribution in [1.82, 2.24) is 5.32 Å². The molecular formula is C19H22FN3O3. The van der Waals surface area contributed by atoms with E-state index in [1.165, 1.54) is 19.2 Å². The van der Waals surface area contributed by atoms with Crippen LogP contribution in [-0.2, 0) is 11.2 Å². The number of carbonyl (C=O) groups excluding carboxylic acids is 2. The van der Waals surface area contributed by atoms with Gasteiger partial charge < -0.3 is 20.7 Å². The molecule has 3 N–H and O–H groups in total. The third-order valence-corrected chi connectivity index (χ3v) is 3.43. The second kappa shape index (κ2) is 8.84. The number of carbonyl (C=O) groups is 2. The summed E-state index contributed by atoms with van der Waals surface area (Å²) in [6.07, 6.45) is 0.0394. The Morgan fingerprint density at radius 1 is 1.04 bits per heavy atom. The third-order valence-electron chi connectivity index (χ3n) is 3.43. The molecule has 0 radical (unpaired) electrons. The normalized spacial score (nSPS) is 10.3. The van der Waals surface area contributed by atoms with Gasteiger partial charge in [-0.2, -0.15) is 0 Å². The highest BCUT2D eigenvalue weighted by Crippen LogP contribution is 2.19. The van der Waals surface area contributed by atoms with E-state index in [1.807, 2.05) is 13.8 Å². The summed E-state index contributed by atoms with van der Waals surface area (Å²) in [5.41, 5.74) is 1.74. The fourth-order valence-corrected chi connectivity index (χ4v) is 2.28. The van der Waals surface area contributed by atoms with Gasteiger partial charge in [0, 0.05) is 17.4 Å². The summed E-state index contributed by atoms with van der Waals surface area (Å²) in [6.45, 7) is 3.74. The van der Waals surface area contributed by atoms with Gasteiger partial charge in [0.05, 0.1) is 13.5 Å². The van der Waals surface area contributed by atoms with Crippen LogP contribution in [0.25, 0.3) is 0 Å². The first kappa shape index (κ1) is 19.2. The lowest BCUT2D eigenvalue weighted by molar-refractivity contribution is -0.115. The summed E-state index contributed by atoms with van der Waals surface area (Å²) in [6, 6.07) is 10.9. The third kappa shape index (κ3) is 5.77. The Labute approximate surface area is 151 Å². The molecule has 2 aromatic rings. The molecule has 0 aliphatic rings. The minimum Gasteiger partial charge on any atom is -0.494 e. The number of amides is 3. The number of benzene rings is 2. The predicted molar refractivity (Wildman–Crippen MR) is 99.0 cm³/mol. The standard InChI is InChI=1S/C19H22FN3O3/c1-12(2)21-19(25)23-15-7-5-14(6-8-15)22-18(24)11-13-4-9-17(26-3)16(20)10-13/h4-10,12H,11H2,1-3H3,(H,22,24)(H2,21,23,25). The minimum absolute atomic E-state index is 0.0383. The van der Waals surface area contributed by atoms with Gasteiger partial charge in [-0.15, -0.1) is 0 Å². The van der Waals surface area contributed by atoms with Crippen molar-refractivity contribution in [2.75, 3.05) is 17.7 Å². The highest BCUT2D eigenvalue weighted by molar-refractivity contribution is 5.93. The fourth-order valence-electron chi connectivity index (χ4n) is 2.28. The number of hydrogen-bond donors (Lipinski definition) is 3. The van der Waals surface area contributed by atoms with Gasteiger partial charge in [-0.3, -0.25) is 4.79 Å². The second-order valence-electron chi connectivity index (χ2n) is 6.02. The van der Waals surface area contributed by atoms with Crippen LogP contribution in [0.5, 0.6) is 5.75 Å². The topological polar surface area (TPSA) is 79.5 Å². The molecule has 0 bridgehead atoms. The highest BCUT2D eigenvalue weighted by atomic mass is 19.1. The van der Waals surface area contributed by atoms with Crippen LogP contribution in [0.1, 0.15) is 19.4 Å². The zero-order valence-corrected chi connectivity index (χ0v) is 14.9. The molecule has 0 fully saturated rings. The molecule has 3 amide bonds. The zero-order chi connectivity index (χ0) is 19.1. The van der Waals surface area contributed by atoms with Crippen LogP contribution in [-0.4, -0.2) is 25.1 Å². The first-order valence-corrected chi connectivity index (χ1v) is 8.17. The molecule has 6 nitrogen and oxygen atoms in total. The Morgan fingerprint density at radius 3 is 2.19 bits per heavy atom. The van der Waals surface area contributed by atoms with Crippen LogP contribution in [0, 0.1) is 5.82 Å². The van der Waals surface area contributed by atoms with Gasteiger partial charge in [-0.25, -0.2) is 9.18 Å². The molecule has 0 spiro atoms. The monoisotopic (exact) mass is 359 g/mol. The number of anilines is 2. The number of urea groups is 1. The lowest BCUT2D eigenvalue weighted by Gasteiger charge is -2.11. The average Bonchev–Trinajstić information content (AvgIpc) is 2.56. The van der Waals surface area contributed by atoms with Crippen LogP contribution >= 0.6 is 0 Å². The van der Waals surface area contributed by atoms with Crippen molar-refractivity contribution >= 4 is 23.3 Å². The molecule has 2 rings (SSSR count). The Bertz CT molecular complexity index is 776. The van der Waals surface area contributed by atoms with E-state index in [0.29, 0.717) is 16.9 Å². The van der Waals surface area contributed by atoms with Crippen LogP contribution in [0.2, 0.25) is 0 Å². The highest BCUT2D eigenvalue weighted by Gasteiger charge is 2.09. The van der Waals surface area contributed by atoms with Gasteiger partial charge in [-0.1, -0.05) is 6.07 Å². The Morgan fingerprint density at radius 2 is 1.65 bits per heavy atom. The Balaban J connectivity index is 1.91. The summed E-state index contributed by atoms with van der Waals surface area (Å²) < 4.78 is 18.5. The maximum Gasteiger partial charge on any atom is 0.319 e. The molecule has 0 saturated heterocycles. The van der Waals surface area contributed by atoms with Gasteiger partial charge in [0.15, 0.2) is 11.6 Å². The van der Waals surface area contributed by atoms with Crippen molar-refractivity contribution < 1.29 is 18.7 Å². The SMILES string of the molecule is COc1ccc(CC(=O)Nc2ccc(NC(=O)NC(C)C)cc2)cc1F. The van der Waals surface area contributed by atoms with E-state index in [4.69, 9.17) is 4.74 Å². The molecule has 0 aromatic heterocycles. The van der Waals surface area contributed by atoms with E-state index < -0.39 is 5.82 Å². The van der Waals surface area contributed by atoms with E-state index >= 15 is 0 Å². The van der Waals surface area contributed by atoms with Gasteiger partial charge in [-0.05, 0) is 55.8 Å². The number of ether oxygens (including phenoxy) is 1. The molecule has 7 heteroatoms. The molecule has 0 heterocycles. The summed E-state index contributed by atoms with van der Waals surface area (Å²) in [5.74, 6) is -0.639. The molecule has 0 atom stereocenters.